The number of benzene rings is 1. The van der Waals surface area contributed by atoms with E-state index < -0.39 is 38.9 Å². The van der Waals surface area contributed by atoms with Crippen LogP contribution in [-0.2, 0) is 26.0 Å². The van der Waals surface area contributed by atoms with Crippen LogP contribution >= 0.6 is 0 Å². The smallest absolute Gasteiger partial charge is 0.408 e. The van der Waals surface area contributed by atoms with Crippen molar-refractivity contribution < 1.29 is 22.7 Å². The van der Waals surface area contributed by atoms with Gasteiger partial charge in [0.25, 0.3) is 0 Å². The van der Waals surface area contributed by atoms with Crippen LogP contribution in [0.2, 0.25) is 0 Å². The van der Waals surface area contributed by atoms with Crippen LogP contribution in [0.5, 0.6) is 0 Å². The lowest BCUT2D eigenvalue weighted by atomic mass is 10.1. The highest BCUT2D eigenvalue weighted by molar-refractivity contribution is 7.92. The fourth-order valence-electron chi connectivity index (χ4n) is 3.67. The van der Waals surface area contributed by atoms with E-state index in [0.29, 0.717) is 31.7 Å². The van der Waals surface area contributed by atoms with Crippen molar-refractivity contribution in [2.45, 2.75) is 84.1 Å². The molecule has 2 amide bonds. The van der Waals surface area contributed by atoms with E-state index in [2.05, 4.69) is 29.8 Å². The molecule has 0 saturated carbocycles. The average Bonchev–Trinajstić information content (AvgIpc) is 2.81. The van der Waals surface area contributed by atoms with Crippen LogP contribution in [0.1, 0.15) is 71.8 Å². The molecular formula is C26H45N3O5S. The molecule has 1 aromatic carbocycles. The first-order chi connectivity index (χ1) is 16.7. The fraction of sp³-hybridized carbons (Fsp3) is 0.692. The lowest BCUT2D eigenvalue weighted by molar-refractivity contribution is -0.122. The minimum atomic E-state index is -3.60. The first kappa shape index (κ1) is 30.9. The summed E-state index contributed by atoms with van der Waals surface area (Å²) < 4.78 is 31.4. The number of amides is 2. The number of carbonyl (C=O) groups excluding carboxylic acids is 2. The summed E-state index contributed by atoms with van der Waals surface area (Å²) in [4.78, 5) is 25.3. The van der Waals surface area contributed by atoms with E-state index in [0.717, 1.165) is 37.9 Å². The van der Waals surface area contributed by atoms with E-state index in [1.165, 1.54) is 0 Å². The van der Waals surface area contributed by atoms with Gasteiger partial charge in [-0.25, -0.2) is 13.2 Å². The lowest BCUT2D eigenvalue weighted by Crippen LogP contribution is -2.51. The number of hydrogen-bond acceptors (Lipinski definition) is 6. The molecule has 9 heteroatoms. The molecule has 0 aliphatic rings. The average molecular weight is 512 g/mol. The molecular weight excluding hydrogens is 466 g/mol. The highest BCUT2D eigenvalue weighted by Crippen LogP contribution is 2.17. The minimum absolute atomic E-state index is 0.0318. The normalized spacial score (nSPS) is 12.5. The number of alkyl carbamates (subject to hydrolysis) is 1. The van der Waals surface area contributed by atoms with Gasteiger partial charge in [0.05, 0.1) is 11.0 Å². The summed E-state index contributed by atoms with van der Waals surface area (Å²) in [5.74, 6) is -0.336. The van der Waals surface area contributed by atoms with Crippen molar-refractivity contribution in [3.63, 3.8) is 0 Å². The summed E-state index contributed by atoms with van der Waals surface area (Å²) >= 11 is 0. The Hall–Kier alpha value is -2.13. The maximum absolute atomic E-state index is 13.1. The van der Waals surface area contributed by atoms with Gasteiger partial charge in [0.2, 0.25) is 5.91 Å². The summed E-state index contributed by atoms with van der Waals surface area (Å²) in [6.07, 6.45) is 3.50. The van der Waals surface area contributed by atoms with E-state index in [9.17, 15) is 18.0 Å². The van der Waals surface area contributed by atoms with Gasteiger partial charge < -0.3 is 20.7 Å². The maximum Gasteiger partial charge on any atom is 0.408 e. The quantitative estimate of drug-likeness (QED) is 0.258. The Kier molecular flexibility index (Phi) is 15.3. The fourth-order valence-corrected chi connectivity index (χ4v) is 5.83. The first-order valence-corrected chi connectivity index (χ1v) is 14.6. The molecule has 0 spiro atoms. The van der Waals surface area contributed by atoms with Gasteiger partial charge in [0, 0.05) is 6.54 Å². The predicted molar refractivity (Wildman–Crippen MR) is 141 cm³/mol. The number of hydrogen-bond donors (Lipinski definition) is 3. The largest absolute Gasteiger partial charge is 0.445 e. The molecule has 0 fully saturated rings. The molecule has 1 aromatic rings. The zero-order chi connectivity index (χ0) is 26.1. The standard InChI is InChI=1S/C26H45N3O5S/c1-5-11-23(12-6-2)35(32,33)20-24(25(30)28-17-10-16-27-18-15-21(3)4)29-26(31)34-19-22-13-8-7-9-14-22/h7-9,13-14,21,23-24,27H,5-6,10-12,15-20H2,1-4H3,(H,28,30)(H,29,31). The minimum Gasteiger partial charge on any atom is -0.445 e. The van der Waals surface area contributed by atoms with E-state index in [-0.39, 0.29) is 6.61 Å². The molecule has 35 heavy (non-hydrogen) atoms. The van der Waals surface area contributed by atoms with Crippen LogP contribution in [0.3, 0.4) is 0 Å². The molecule has 0 radical (unpaired) electrons. The molecule has 1 rings (SSSR count). The number of ether oxygens (including phenoxy) is 1. The molecule has 0 heterocycles. The summed E-state index contributed by atoms with van der Waals surface area (Å²) in [7, 11) is -3.60. The molecule has 0 aromatic heterocycles. The van der Waals surface area contributed by atoms with Gasteiger partial charge in [-0.1, -0.05) is 70.9 Å². The molecule has 3 N–H and O–H groups in total. The van der Waals surface area contributed by atoms with Crippen LogP contribution in [-0.4, -0.2) is 57.1 Å². The molecule has 0 saturated heterocycles. The monoisotopic (exact) mass is 511 g/mol. The topological polar surface area (TPSA) is 114 Å². The molecule has 0 aliphatic carbocycles. The van der Waals surface area contributed by atoms with E-state index in [4.69, 9.17) is 4.74 Å². The SMILES string of the molecule is CCCC(CCC)S(=O)(=O)CC(NC(=O)OCc1ccccc1)C(=O)NCCCNCCC(C)C. The highest BCUT2D eigenvalue weighted by atomic mass is 32.2. The molecule has 200 valence electrons. The van der Waals surface area contributed by atoms with Crippen LogP contribution in [0, 0.1) is 5.92 Å². The van der Waals surface area contributed by atoms with Gasteiger partial charge in [-0.15, -0.1) is 0 Å². The van der Waals surface area contributed by atoms with Crippen molar-refractivity contribution in [3.05, 3.63) is 35.9 Å². The Balaban J connectivity index is 2.74. The molecule has 1 atom stereocenters. The predicted octanol–water partition coefficient (Wildman–Crippen LogP) is 3.81. The molecule has 0 aliphatic heterocycles. The Morgan fingerprint density at radius 1 is 0.943 bits per heavy atom. The van der Waals surface area contributed by atoms with Gasteiger partial charge in [-0.2, -0.15) is 0 Å². The number of rotatable bonds is 18. The highest BCUT2D eigenvalue weighted by Gasteiger charge is 2.32. The zero-order valence-corrected chi connectivity index (χ0v) is 22.7. The van der Waals surface area contributed by atoms with Gasteiger partial charge in [0.1, 0.15) is 12.6 Å². The van der Waals surface area contributed by atoms with E-state index in [1.54, 1.807) is 0 Å². The van der Waals surface area contributed by atoms with Gasteiger partial charge in [-0.3, -0.25) is 4.79 Å². The van der Waals surface area contributed by atoms with Crippen molar-refractivity contribution in [2.75, 3.05) is 25.4 Å². The van der Waals surface area contributed by atoms with Crippen LogP contribution in [0.25, 0.3) is 0 Å². The third kappa shape index (κ3) is 13.5. The second kappa shape index (κ2) is 17.3. The van der Waals surface area contributed by atoms with Crippen LogP contribution in [0.15, 0.2) is 30.3 Å². The lowest BCUT2D eigenvalue weighted by Gasteiger charge is -2.22. The molecule has 8 nitrogen and oxygen atoms in total. The third-order valence-corrected chi connectivity index (χ3v) is 7.96. The molecule has 0 bridgehead atoms. The number of sulfone groups is 1. The second-order valence-corrected chi connectivity index (χ2v) is 11.7. The Morgan fingerprint density at radius 3 is 2.20 bits per heavy atom. The summed E-state index contributed by atoms with van der Waals surface area (Å²) in [6.45, 7) is 10.3. The van der Waals surface area contributed by atoms with Crippen molar-refractivity contribution >= 4 is 21.8 Å². The summed E-state index contributed by atoms with van der Waals surface area (Å²) in [5.41, 5.74) is 0.798. The summed E-state index contributed by atoms with van der Waals surface area (Å²) in [5, 5.41) is 8.06. The van der Waals surface area contributed by atoms with E-state index >= 15 is 0 Å². The number of nitrogens with one attached hydrogen (secondary N) is 3. The Bertz CT molecular complexity index is 825. The third-order valence-electron chi connectivity index (χ3n) is 5.68. The number of carbonyl (C=O) groups is 2. The van der Waals surface area contributed by atoms with Gasteiger partial charge in [0.15, 0.2) is 9.84 Å². The zero-order valence-electron chi connectivity index (χ0n) is 21.8. The second-order valence-electron chi connectivity index (χ2n) is 9.36. The maximum atomic E-state index is 13.1. The van der Waals surface area contributed by atoms with Crippen molar-refractivity contribution in [2.24, 2.45) is 5.92 Å². The van der Waals surface area contributed by atoms with Crippen molar-refractivity contribution in [1.29, 1.82) is 0 Å². The first-order valence-electron chi connectivity index (χ1n) is 12.9. The summed E-state index contributed by atoms with van der Waals surface area (Å²) in [6, 6.07) is 7.94. The van der Waals surface area contributed by atoms with E-state index in [1.807, 2.05) is 44.2 Å². The van der Waals surface area contributed by atoms with Crippen molar-refractivity contribution in [3.8, 4) is 0 Å². The molecule has 1 unspecified atom stereocenters. The van der Waals surface area contributed by atoms with Crippen molar-refractivity contribution in [1.82, 2.24) is 16.0 Å². The van der Waals surface area contributed by atoms with Gasteiger partial charge >= 0.3 is 6.09 Å². The van der Waals surface area contributed by atoms with Gasteiger partial charge in [-0.05, 0) is 50.3 Å². The Labute approximate surface area is 211 Å². The van der Waals surface area contributed by atoms with Crippen LogP contribution in [0.4, 0.5) is 4.79 Å². The van der Waals surface area contributed by atoms with Crippen LogP contribution < -0.4 is 16.0 Å². The Morgan fingerprint density at radius 2 is 1.60 bits per heavy atom.